The fourth-order valence-electron chi connectivity index (χ4n) is 0.0633. The number of rotatable bonds is 0. The molecule has 0 aromatic rings. The predicted molar refractivity (Wildman–Crippen MR) is 25.5 cm³/mol. The molecule has 0 radical (unpaired) electrons. The molecule has 10 heavy (non-hydrogen) atoms. The SMILES string of the molecule is O.O.O.O.O=S1(=O)[O][Fe][O]1. The fraction of sp³-hybridized carbons (Fsp3) is 0. The summed E-state index contributed by atoms with van der Waals surface area (Å²) in [6, 6.07) is 0. The van der Waals surface area contributed by atoms with Crippen LogP contribution in [0.2, 0.25) is 0 Å². The van der Waals surface area contributed by atoms with Gasteiger partial charge in [-0.2, -0.15) is 0 Å². The van der Waals surface area contributed by atoms with E-state index in [2.05, 4.69) is 6.53 Å². The zero-order valence-corrected chi connectivity index (χ0v) is 6.32. The van der Waals surface area contributed by atoms with E-state index in [1.54, 1.807) is 0 Å². The molecule has 8 N–H and O–H groups in total. The Kier molecular flexibility index (Phi) is 16.5. The second kappa shape index (κ2) is 7.34. The van der Waals surface area contributed by atoms with E-state index >= 15 is 0 Å². The summed E-state index contributed by atoms with van der Waals surface area (Å²) in [5.74, 6) is 0. The van der Waals surface area contributed by atoms with Crippen molar-refractivity contribution in [1.82, 2.24) is 0 Å². The first-order valence-electron chi connectivity index (χ1n) is 0.955. The third kappa shape index (κ3) is 6.35. The molecule has 1 fully saturated rings. The molecule has 8 nitrogen and oxygen atoms in total. The molecule has 0 bridgehead atoms. The van der Waals surface area contributed by atoms with Crippen LogP contribution in [0.4, 0.5) is 0 Å². The third-order valence-corrected chi connectivity index (χ3v) is 2.38. The van der Waals surface area contributed by atoms with E-state index in [4.69, 9.17) is 0 Å². The van der Waals surface area contributed by atoms with Gasteiger partial charge in [-0.05, 0) is 0 Å². The average molecular weight is 224 g/mol. The van der Waals surface area contributed by atoms with Crippen LogP contribution in [0.3, 0.4) is 0 Å². The van der Waals surface area contributed by atoms with E-state index in [9.17, 15) is 8.42 Å². The van der Waals surface area contributed by atoms with Crippen LogP contribution < -0.4 is 0 Å². The van der Waals surface area contributed by atoms with Crippen molar-refractivity contribution in [3.05, 3.63) is 0 Å². The van der Waals surface area contributed by atoms with E-state index < -0.39 is 10.4 Å². The standard InChI is InChI=1S/Fe.H2O4S.4H2O/c;1-5(2,3)4;;;;/h;(H2,1,2,3,4);4*1H2/q+2;;;;;/p-2. The number of hydrogen-bond donors (Lipinski definition) is 0. The molecule has 1 rings (SSSR count). The summed E-state index contributed by atoms with van der Waals surface area (Å²) in [7, 11) is -3.48. The van der Waals surface area contributed by atoms with Gasteiger partial charge in [-0.15, -0.1) is 0 Å². The van der Waals surface area contributed by atoms with Crippen molar-refractivity contribution in [2.24, 2.45) is 0 Å². The van der Waals surface area contributed by atoms with Crippen molar-refractivity contribution in [1.29, 1.82) is 0 Å². The van der Waals surface area contributed by atoms with Gasteiger partial charge in [-0.3, -0.25) is 0 Å². The Hall–Kier alpha value is 0.229. The Bertz CT molecular complexity index is 123. The molecule has 0 atom stereocenters. The summed E-state index contributed by atoms with van der Waals surface area (Å²) in [5.41, 5.74) is 0. The van der Waals surface area contributed by atoms with Gasteiger partial charge in [0.05, 0.1) is 0 Å². The van der Waals surface area contributed by atoms with Gasteiger partial charge in [0.1, 0.15) is 0 Å². The topological polar surface area (TPSA) is 179 Å². The van der Waals surface area contributed by atoms with Crippen molar-refractivity contribution in [2.45, 2.75) is 0 Å². The minimum atomic E-state index is -3.48. The van der Waals surface area contributed by atoms with Gasteiger partial charge < -0.3 is 21.9 Å². The van der Waals surface area contributed by atoms with E-state index in [1.807, 2.05) is 0 Å². The molecule has 0 saturated carbocycles. The molecule has 70 valence electrons. The second-order valence-corrected chi connectivity index (χ2v) is 2.93. The molecule has 0 amide bonds. The van der Waals surface area contributed by atoms with Crippen molar-refractivity contribution in [3.63, 3.8) is 0 Å². The Labute approximate surface area is 63.5 Å². The molecule has 0 aromatic carbocycles. The van der Waals surface area contributed by atoms with Gasteiger partial charge in [0, 0.05) is 0 Å². The molecule has 1 aliphatic heterocycles. The third-order valence-electron chi connectivity index (χ3n) is 0.192. The van der Waals surface area contributed by atoms with Gasteiger partial charge >= 0.3 is 41.0 Å². The van der Waals surface area contributed by atoms with Crippen LogP contribution >= 0.6 is 0 Å². The van der Waals surface area contributed by atoms with Crippen LogP contribution in [0.15, 0.2) is 0 Å². The molecule has 0 aliphatic carbocycles. The van der Waals surface area contributed by atoms with Gasteiger partial charge in [0.25, 0.3) is 0 Å². The predicted octanol–water partition coefficient (Wildman–Crippen LogP) is -4.11. The molecule has 1 aliphatic rings. The summed E-state index contributed by atoms with van der Waals surface area (Å²) >= 11 is -0.123. The van der Waals surface area contributed by atoms with Crippen LogP contribution in [0.5, 0.6) is 0 Å². The summed E-state index contributed by atoms with van der Waals surface area (Å²) in [5, 5.41) is 0. The van der Waals surface area contributed by atoms with Crippen LogP contribution in [0.25, 0.3) is 0 Å². The number of hydrogen-bond acceptors (Lipinski definition) is 4. The average Bonchev–Trinajstić information content (AvgIpc) is 1.32. The van der Waals surface area contributed by atoms with Gasteiger partial charge in [-0.25, -0.2) is 0 Å². The van der Waals surface area contributed by atoms with E-state index in [0.29, 0.717) is 0 Å². The molecule has 0 aromatic heterocycles. The summed E-state index contributed by atoms with van der Waals surface area (Å²) in [6.07, 6.45) is 0. The molecule has 10 heteroatoms. The van der Waals surface area contributed by atoms with Gasteiger partial charge in [0.2, 0.25) is 0 Å². The summed E-state index contributed by atoms with van der Waals surface area (Å²) in [6.45, 7) is 0. The van der Waals surface area contributed by atoms with Gasteiger partial charge in [-0.1, -0.05) is 0 Å². The molecule has 0 spiro atoms. The quantitative estimate of drug-likeness (QED) is 0.379. The summed E-state index contributed by atoms with van der Waals surface area (Å²) in [4.78, 5) is 0. The first kappa shape index (κ1) is 22.5. The van der Waals surface area contributed by atoms with Crippen molar-refractivity contribution in [3.8, 4) is 0 Å². The molecular formula is H8FeO8S. The molecule has 1 heterocycles. The first-order valence-corrected chi connectivity index (χ1v) is 3.19. The zero-order chi connectivity index (χ0) is 4.62. The maximum absolute atomic E-state index is 9.64. The zero-order valence-electron chi connectivity index (χ0n) is 4.39. The van der Waals surface area contributed by atoms with Crippen LogP contribution in [0, 0.1) is 0 Å². The van der Waals surface area contributed by atoms with Crippen molar-refractivity contribution >= 4 is 10.4 Å². The normalized spacial score (nSPS) is 18.0. The van der Waals surface area contributed by atoms with Crippen molar-refractivity contribution < 1.29 is 52.5 Å². The van der Waals surface area contributed by atoms with E-state index in [0.717, 1.165) is 0 Å². The molecular weight excluding hydrogens is 216 g/mol. The fourth-order valence-corrected chi connectivity index (χ4v) is 0.783. The van der Waals surface area contributed by atoms with Crippen molar-refractivity contribution in [2.75, 3.05) is 0 Å². The molecule has 1 saturated heterocycles. The van der Waals surface area contributed by atoms with Gasteiger partial charge in [0.15, 0.2) is 0 Å². The second-order valence-electron chi connectivity index (χ2n) is 0.585. The monoisotopic (exact) mass is 224 g/mol. The van der Waals surface area contributed by atoms with E-state index in [-0.39, 0.29) is 37.5 Å². The Morgan fingerprint density at radius 1 is 0.900 bits per heavy atom. The first-order chi connectivity index (χ1) is 2.71. The Balaban J connectivity index is -0.0000000450. The minimum absolute atomic E-state index is 0. The molecule has 0 unspecified atom stereocenters. The Morgan fingerprint density at radius 2 is 1.10 bits per heavy atom. The summed E-state index contributed by atoms with van der Waals surface area (Å²) < 4.78 is 27.0. The van der Waals surface area contributed by atoms with Crippen LogP contribution in [-0.4, -0.2) is 30.3 Å². The maximum atomic E-state index is 9.64. The van der Waals surface area contributed by atoms with Crippen LogP contribution in [-0.2, 0) is 32.5 Å². The van der Waals surface area contributed by atoms with Crippen LogP contribution in [0.1, 0.15) is 0 Å². The Morgan fingerprint density at radius 3 is 1.10 bits per heavy atom. The van der Waals surface area contributed by atoms with E-state index in [1.165, 1.54) is 0 Å².